The Morgan fingerprint density at radius 2 is 0.857 bits per heavy atom. The van der Waals surface area contributed by atoms with Crippen LogP contribution >= 0.6 is 20.2 Å². The minimum absolute atomic E-state index is 0.0125. The standard InChI is InChI=1S/C22H22F9IO9S/c1-35-11-7-13(37-3)17(14(8-11)38-4)32(18-15(39-5)9-12(36-2)10-16(18)40-6)41-42(33,34)22(30,31)20(25,26)19(23,24)21(27,28)29/h7-10H,1-6H3. The van der Waals surface area contributed by atoms with Crippen LogP contribution < -0.4 is 28.4 Å². The zero-order chi connectivity index (χ0) is 32.5. The van der Waals surface area contributed by atoms with Crippen LogP contribution in [-0.2, 0) is 12.6 Å². The van der Waals surface area contributed by atoms with Gasteiger partial charge in [0, 0.05) is 0 Å². The summed E-state index contributed by atoms with van der Waals surface area (Å²) in [4.78, 5) is 0. The number of benzene rings is 2. The van der Waals surface area contributed by atoms with Crippen LogP contribution in [0, 0.1) is 7.14 Å². The molecule has 2 rings (SSSR count). The van der Waals surface area contributed by atoms with E-state index in [2.05, 4.69) is 2.51 Å². The molecule has 0 spiro atoms. The molecule has 9 nitrogen and oxygen atoms in total. The Morgan fingerprint density at radius 3 is 1.10 bits per heavy atom. The third kappa shape index (κ3) is 6.01. The molecule has 0 unspecified atom stereocenters. The summed E-state index contributed by atoms with van der Waals surface area (Å²) < 4.78 is 183. The Morgan fingerprint density at radius 1 is 0.548 bits per heavy atom. The van der Waals surface area contributed by atoms with Crippen molar-refractivity contribution in [2.45, 2.75) is 23.3 Å². The topological polar surface area (TPSA) is 98.8 Å². The van der Waals surface area contributed by atoms with Gasteiger partial charge in [0.1, 0.15) is 0 Å². The molecule has 0 atom stereocenters. The fourth-order valence-corrected chi connectivity index (χ4v) is 11.0. The van der Waals surface area contributed by atoms with Crippen molar-refractivity contribution in [2.75, 3.05) is 42.7 Å². The molecule has 0 fully saturated rings. The van der Waals surface area contributed by atoms with Gasteiger partial charge >= 0.3 is 241 Å². The van der Waals surface area contributed by atoms with Crippen molar-refractivity contribution in [2.24, 2.45) is 0 Å². The zero-order valence-electron chi connectivity index (χ0n) is 22.2. The molecule has 0 N–H and O–H groups in total. The van der Waals surface area contributed by atoms with Gasteiger partial charge in [0.25, 0.3) is 0 Å². The first kappa shape index (κ1) is 35.4. The molecule has 20 heteroatoms. The molecule has 0 aliphatic rings. The first-order chi connectivity index (χ1) is 19.2. The van der Waals surface area contributed by atoms with Crippen LogP contribution in [0.1, 0.15) is 0 Å². The van der Waals surface area contributed by atoms with Crippen molar-refractivity contribution in [1.82, 2.24) is 0 Å². The van der Waals surface area contributed by atoms with Crippen molar-refractivity contribution < 1.29 is 78.9 Å². The van der Waals surface area contributed by atoms with E-state index in [4.69, 9.17) is 28.4 Å². The molecular weight excluding hydrogens is 738 g/mol. The second kappa shape index (κ2) is 12.5. The van der Waals surface area contributed by atoms with E-state index in [1.165, 1.54) is 14.2 Å². The number of ether oxygens (including phenoxy) is 6. The van der Waals surface area contributed by atoms with E-state index in [0.29, 0.717) is 0 Å². The van der Waals surface area contributed by atoms with Gasteiger partial charge in [0.15, 0.2) is 0 Å². The van der Waals surface area contributed by atoms with E-state index in [-0.39, 0.29) is 11.5 Å². The van der Waals surface area contributed by atoms with E-state index in [1.54, 1.807) is 0 Å². The van der Waals surface area contributed by atoms with Crippen molar-refractivity contribution in [1.29, 1.82) is 0 Å². The predicted molar refractivity (Wildman–Crippen MR) is 135 cm³/mol. The zero-order valence-corrected chi connectivity index (χ0v) is 25.1. The van der Waals surface area contributed by atoms with Gasteiger partial charge in [-0.1, -0.05) is 0 Å². The molecular formula is C22H22F9IO9S. The molecule has 0 amide bonds. The number of methoxy groups -OCH3 is 6. The number of alkyl halides is 9. The first-order valence-corrected chi connectivity index (χ1v) is 15.1. The molecule has 0 radical (unpaired) electrons. The molecule has 0 aliphatic carbocycles. The summed E-state index contributed by atoms with van der Waals surface area (Å²) in [7, 11) is -0.958. The van der Waals surface area contributed by atoms with Gasteiger partial charge in [0.05, 0.1) is 0 Å². The number of hydrogen-bond acceptors (Lipinski definition) is 9. The summed E-state index contributed by atoms with van der Waals surface area (Å²) in [6.45, 7) is 0. The number of halogens is 10. The van der Waals surface area contributed by atoms with Crippen LogP contribution in [0.25, 0.3) is 0 Å². The maximum atomic E-state index is 14.8. The van der Waals surface area contributed by atoms with Crippen molar-refractivity contribution in [3.8, 4) is 34.5 Å². The monoisotopic (exact) mass is 760 g/mol. The van der Waals surface area contributed by atoms with E-state index in [1.807, 2.05) is 0 Å². The molecule has 0 bridgehead atoms. The predicted octanol–water partition coefficient (Wildman–Crippen LogP) is 5.97. The Hall–Kier alpha value is -2.75. The van der Waals surface area contributed by atoms with Gasteiger partial charge in [-0.05, 0) is 0 Å². The third-order valence-electron chi connectivity index (χ3n) is 5.23. The van der Waals surface area contributed by atoms with Crippen LogP contribution in [-0.4, -0.2) is 74.4 Å². The second-order valence-electron chi connectivity index (χ2n) is 7.62. The summed E-state index contributed by atoms with van der Waals surface area (Å²) in [6.07, 6.45) is -7.28. The van der Waals surface area contributed by atoms with Crippen molar-refractivity contribution >= 4 is 30.4 Å². The van der Waals surface area contributed by atoms with Crippen LogP contribution in [0.5, 0.6) is 34.5 Å². The van der Waals surface area contributed by atoms with E-state index < -0.39 is 83.8 Å². The summed E-state index contributed by atoms with van der Waals surface area (Å²) in [5.74, 6) is -16.7. The molecule has 2 aromatic rings. The molecule has 2 aromatic carbocycles. The molecule has 0 aliphatic heterocycles. The molecule has 42 heavy (non-hydrogen) atoms. The molecule has 0 saturated carbocycles. The van der Waals surface area contributed by atoms with Gasteiger partial charge in [-0.25, -0.2) is 0 Å². The molecule has 0 heterocycles. The van der Waals surface area contributed by atoms with Gasteiger partial charge in [-0.2, -0.15) is 0 Å². The maximum absolute atomic E-state index is 14.8. The molecule has 240 valence electrons. The Labute approximate surface area is 240 Å². The average molecular weight is 760 g/mol. The Balaban J connectivity index is 3.03. The van der Waals surface area contributed by atoms with Crippen molar-refractivity contribution in [3.63, 3.8) is 0 Å². The van der Waals surface area contributed by atoms with Crippen LogP contribution in [0.4, 0.5) is 39.5 Å². The number of hydrogen-bond donors (Lipinski definition) is 0. The van der Waals surface area contributed by atoms with Gasteiger partial charge < -0.3 is 0 Å². The number of rotatable bonds is 13. The van der Waals surface area contributed by atoms with Crippen LogP contribution in [0.3, 0.4) is 0 Å². The molecule has 0 saturated heterocycles. The fraction of sp³-hybridized carbons (Fsp3) is 0.455. The minimum atomic E-state index is -7.54. The first-order valence-electron chi connectivity index (χ1n) is 10.7. The summed E-state index contributed by atoms with van der Waals surface area (Å²) in [5.41, 5.74) is 0. The fourth-order valence-electron chi connectivity index (χ4n) is 3.06. The van der Waals surface area contributed by atoms with Gasteiger partial charge in [0.2, 0.25) is 0 Å². The van der Waals surface area contributed by atoms with E-state index in [0.717, 1.165) is 52.7 Å². The molecule has 0 aromatic heterocycles. The van der Waals surface area contributed by atoms with Crippen LogP contribution in [0.2, 0.25) is 0 Å². The quantitative estimate of drug-likeness (QED) is 0.181. The Bertz CT molecular complexity index is 1270. The van der Waals surface area contributed by atoms with Gasteiger partial charge in [-0.3, -0.25) is 0 Å². The average Bonchev–Trinajstić information content (AvgIpc) is 2.93. The summed E-state index contributed by atoms with van der Waals surface area (Å²) in [6, 6.07) is 4.30. The van der Waals surface area contributed by atoms with E-state index in [9.17, 15) is 47.9 Å². The summed E-state index contributed by atoms with van der Waals surface area (Å²) >= 11 is -4.93. The Kier molecular flexibility index (Phi) is 10.5. The SMILES string of the molecule is COc1cc(OC)c(I(OS(=O)(=O)C(F)(F)C(F)(F)C(F)(F)C(F)(F)F)c2c(OC)cc(OC)cc2OC)c(OC)c1. The van der Waals surface area contributed by atoms with Crippen LogP contribution in [0.15, 0.2) is 24.3 Å². The normalized spacial score (nSPS) is 13.4. The summed E-state index contributed by atoms with van der Waals surface area (Å²) in [5, 5.41) is -7.14. The van der Waals surface area contributed by atoms with E-state index >= 15 is 0 Å². The second-order valence-corrected chi connectivity index (χ2v) is 13.8. The van der Waals surface area contributed by atoms with Gasteiger partial charge in [-0.15, -0.1) is 0 Å². The van der Waals surface area contributed by atoms with Crippen molar-refractivity contribution in [3.05, 3.63) is 31.4 Å². The third-order valence-corrected chi connectivity index (χ3v) is 13.0.